The molecule has 0 saturated carbocycles. The lowest BCUT2D eigenvalue weighted by molar-refractivity contribution is 0.244. The molecular formula is C26H22N4O2S. The van der Waals surface area contributed by atoms with Crippen LogP contribution in [-0.2, 0) is 0 Å². The van der Waals surface area contributed by atoms with Crippen LogP contribution in [0.15, 0.2) is 100 Å². The van der Waals surface area contributed by atoms with Crippen LogP contribution in [0, 0.1) is 0 Å². The maximum atomic E-state index is 13.2. The molecular weight excluding hydrogens is 432 g/mol. The van der Waals surface area contributed by atoms with Gasteiger partial charge in [0, 0.05) is 16.2 Å². The normalized spacial score (nSPS) is 16.1. The van der Waals surface area contributed by atoms with E-state index < -0.39 is 6.04 Å². The van der Waals surface area contributed by atoms with E-state index in [-0.39, 0.29) is 6.03 Å². The number of anilines is 1. The number of hydrogen-bond acceptors (Lipinski definition) is 5. The fourth-order valence-corrected chi connectivity index (χ4v) is 4.40. The van der Waals surface area contributed by atoms with Gasteiger partial charge in [0.15, 0.2) is 0 Å². The standard InChI is InChI=1S/C26H22N4O2S/c1-17-22(25-28-24(29-32-25)19-9-5-3-6-10-19)23(18-13-15-21(33-2)16-14-18)27-26(31)30(17)20-11-7-4-8-12-20/h3-16,23H,1-2H3,(H,27,31). The van der Waals surface area contributed by atoms with Gasteiger partial charge in [-0.3, -0.25) is 4.90 Å². The second-order valence-electron chi connectivity index (χ2n) is 7.61. The third-order valence-electron chi connectivity index (χ3n) is 5.64. The molecule has 0 spiro atoms. The molecule has 164 valence electrons. The highest BCUT2D eigenvalue weighted by molar-refractivity contribution is 7.98. The van der Waals surface area contributed by atoms with Crippen LogP contribution >= 0.6 is 11.8 Å². The summed E-state index contributed by atoms with van der Waals surface area (Å²) in [5.41, 5.74) is 4.09. The first-order valence-electron chi connectivity index (χ1n) is 10.6. The van der Waals surface area contributed by atoms with Crippen molar-refractivity contribution in [3.63, 3.8) is 0 Å². The molecule has 1 aromatic heterocycles. The molecule has 0 radical (unpaired) electrons. The molecule has 1 atom stereocenters. The number of para-hydroxylation sites is 1. The average Bonchev–Trinajstić information content (AvgIpc) is 3.35. The largest absolute Gasteiger partial charge is 0.334 e. The highest BCUT2D eigenvalue weighted by atomic mass is 32.2. The van der Waals surface area contributed by atoms with Crippen molar-refractivity contribution in [3.8, 4) is 11.4 Å². The summed E-state index contributed by atoms with van der Waals surface area (Å²) in [6.07, 6.45) is 2.04. The molecule has 1 aliphatic rings. The number of allylic oxidation sites excluding steroid dienone is 1. The van der Waals surface area contributed by atoms with E-state index in [9.17, 15) is 4.79 Å². The number of urea groups is 1. The minimum absolute atomic E-state index is 0.204. The molecule has 1 aliphatic heterocycles. The Labute approximate surface area is 196 Å². The Hall–Kier alpha value is -3.84. The molecule has 0 aliphatic carbocycles. The minimum atomic E-state index is -0.419. The van der Waals surface area contributed by atoms with Crippen LogP contribution in [0.25, 0.3) is 17.0 Å². The highest BCUT2D eigenvalue weighted by Crippen LogP contribution is 2.39. The monoisotopic (exact) mass is 454 g/mol. The smallest absolute Gasteiger partial charge is 0.326 e. The summed E-state index contributed by atoms with van der Waals surface area (Å²) in [6.45, 7) is 1.91. The maximum absolute atomic E-state index is 13.2. The first kappa shape index (κ1) is 21.0. The number of thioether (sulfide) groups is 1. The fourth-order valence-electron chi connectivity index (χ4n) is 3.99. The summed E-state index contributed by atoms with van der Waals surface area (Å²) in [5.74, 6) is 0.886. The van der Waals surface area contributed by atoms with Crippen LogP contribution < -0.4 is 10.2 Å². The molecule has 1 unspecified atom stereocenters. The Morgan fingerprint density at radius 2 is 1.61 bits per heavy atom. The second kappa shape index (κ2) is 8.96. The Morgan fingerprint density at radius 1 is 0.939 bits per heavy atom. The van der Waals surface area contributed by atoms with E-state index in [4.69, 9.17) is 9.51 Å². The van der Waals surface area contributed by atoms with E-state index in [0.717, 1.165) is 33.0 Å². The van der Waals surface area contributed by atoms with Gasteiger partial charge in [0.2, 0.25) is 5.82 Å². The van der Waals surface area contributed by atoms with Crippen LogP contribution in [0.5, 0.6) is 0 Å². The van der Waals surface area contributed by atoms with Crippen LogP contribution in [0.4, 0.5) is 10.5 Å². The Balaban J connectivity index is 1.64. The Morgan fingerprint density at radius 3 is 2.27 bits per heavy atom. The average molecular weight is 455 g/mol. The van der Waals surface area contributed by atoms with E-state index in [1.165, 1.54) is 0 Å². The third-order valence-corrected chi connectivity index (χ3v) is 6.38. The van der Waals surface area contributed by atoms with Gasteiger partial charge in [0.25, 0.3) is 5.89 Å². The number of aromatic nitrogens is 2. The SMILES string of the molecule is CSc1ccc(C2NC(=O)N(c3ccccc3)C(C)=C2c2nc(-c3ccccc3)no2)cc1. The van der Waals surface area contributed by atoms with Gasteiger partial charge in [-0.1, -0.05) is 65.8 Å². The third kappa shape index (κ3) is 4.03. The fraction of sp³-hybridized carbons (Fsp3) is 0.115. The number of rotatable bonds is 5. The number of nitrogens with zero attached hydrogens (tertiary/aromatic N) is 3. The van der Waals surface area contributed by atoms with E-state index in [0.29, 0.717) is 11.7 Å². The predicted octanol–water partition coefficient (Wildman–Crippen LogP) is 6.16. The number of nitrogens with one attached hydrogen (secondary N) is 1. The molecule has 6 nitrogen and oxygen atoms in total. The number of amides is 2. The Bertz CT molecular complexity index is 1300. The molecule has 7 heteroatoms. The van der Waals surface area contributed by atoms with Crippen molar-refractivity contribution in [3.05, 3.63) is 102 Å². The van der Waals surface area contributed by atoms with Gasteiger partial charge in [-0.15, -0.1) is 11.8 Å². The van der Waals surface area contributed by atoms with Crippen molar-refractivity contribution >= 4 is 29.1 Å². The lowest BCUT2D eigenvalue weighted by Crippen LogP contribution is -2.46. The van der Waals surface area contributed by atoms with Crippen LogP contribution in [-0.4, -0.2) is 22.4 Å². The summed E-state index contributed by atoms with van der Waals surface area (Å²) in [7, 11) is 0. The number of benzene rings is 3. The van der Waals surface area contributed by atoms with Crippen molar-refractivity contribution in [2.45, 2.75) is 17.9 Å². The molecule has 0 saturated heterocycles. The maximum Gasteiger partial charge on any atom is 0.326 e. The molecule has 0 bridgehead atoms. The van der Waals surface area contributed by atoms with E-state index >= 15 is 0 Å². The molecule has 2 heterocycles. The summed E-state index contributed by atoms with van der Waals surface area (Å²) in [4.78, 5) is 20.7. The van der Waals surface area contributed by atoms with Gasteiger partial charge >= 0.3 is 6.03 Å². The van der Waals surface area contributed by atoms with Crippen LogP contribution in [0.3, 0.4) is 0 Å². The van der Waals surface area contributed by atoms with E-state index in [1.54, 1.807) is 16.7 Å². The second-order valence-corrected chi connectivity index (χ2v) is 8.49. The summed E-state index contributed by atoms with van der Waals surface area (Å²) < 4.78 is 5.74. The number of carbonyl (C=O) groups is 1. The zero-order chi connectivity index (χ0) is 22.8. The van der Waals surface area contributed by atoms with Crippen LogP contribution in [0.1, 0.15) is 24.4 Å². The molecule has 5 rings (SSSR count). The van der Waals surface area contributed by atoms with Gasteiger partial charge in [-0.25, -0.2) is 4.79 Å². The van der Waals surface area contributed by atoms with Gasteiger partial charge in [0.05, 0.1) is 17.3 Å². The van der Waals surface area contributed by atoms with Gasteiger partial charge in [0.1, 0.15) is 0 Å². The van der Waals surface area contributed by atoms with E-state index in [2.05, 4.69) is 10.5 Å². The Kier molecular flexibility index (Phi) is 5.71. The highest BCUT2D eigenvalue weighted by Gasteiger charge is 2.36. The lowest BCUT2D eigenvalue weighted by atomic mass is 9.94. The number of hydrogen-bond donors (Lipinski definition) is 1. The minimum Gasteiger partial charge on any atom is -0.334 e. The van der Waals surface area contributed by atoms with Crippen molar-refractivity contribution in [2.75, 3.05) is 11.2 Å². The molecule has 2 amide bonds. The molecule has 4 aromatic rings. The lowest BCUT2D eigenvalue weighted by Gasteiger charge is -2.35. The predicted molar refractivity (Wildman–Crippen MR) is 131 cm³/mol. The van der Waals surface area contributed by atoms with Gasteiger partial charge in [-0.05, 0) is 43.0 Å². The molecule has 3 aromatic carbocycles. The van der Waals surface area contributed by atoms with Gasteiger partial charge < -0.3 is 9.84 Å². The molecule has 0 fully saturated rings. The molecule has 33 heavy (non-hydrogen) atoms. The summed E-state index contributed by atoms with van der Waals surface area (Å²) >= 11 is 1.67. The first-order chi connectivity index (χ1) is 16.2. The quantitative estimate of drug-likeness (QED) is 0.366. The summed E-state index contributed by atoms with van der Waals surface area (Å²) in [5, 5.41) is 7.35. The van der Waals surface area contributed by atoms with Crippen molar-refractivity contribution in [1.82, 2.24) is 15.5 Å². The topological polar surface area (TPSA) is 71.3 Å². The van der Waals surface area contributed by atoms with Gasteiger partial charge in [-0.2, -0.15) is 4.98 Å². The zero-order valence-corrected chi connectivity index (χ0v) is 19.0. The van der Waals surface area contributed by atoms with Crippen molar-refractivity contribution in [1.29, 1.82) is 0 Å². The van der Waals surface area contributed by atoms with Crippen molar-refractivity contribution < 1.29 is 9.32 Å². The first-order valence-corrected chi connectivity index (χ1v) is 11.8. The zero-order valence-electron chi connectivity index (χ0n) is 18.2. The number of carbonyl (C=O) groups excluding carboxylic acids is 1. The van der Waals surface area contributed by atoms with E-state index in [1.807, 2.05) is 98.1 Å². The van der Waals surface area contributed by atoms with Crippen molar-refractivity contribution in [2.24, 2.45) is 0 Å². The molecule has 1 N–H and O–H groups in total. The van der Waals surface area contributed by atoms with Crippen LogP contribution in [0.2, 0.25) is 0 Å². The summed E-state index contributed by atoms with van der Waals surface area (Å²) in [6, 6.07) is 26.7.